The minimum atomic E-state index is -0.797. The van der Waals surface area contributed by atoms with Gasteiger partial charge in [0.05, 0.1) is 0 Å². The van der Waals surface area contributed by atoms with Gasteiger partial charge < -0.3 is 0 Å². The van der Waals surface area contributed by atoms with Crippen LogP contribution in [0.15, 0.2) is 116 Å². The molecule has 0 N–H and O–H groups in total. The smallest absolute Gasteiger partial charge is 0.159 e. The zero-order chi connectivity index (χ0) is 49.4. The van der Waals surface area contributed by atoms with Crippen molar-refractivity contribution in [3.8, 4) is 22.3 Å². The second kappa shape index (κ2) is 26.7. The minimum Gasteiger partial charge on any atom is -0.204 e. The Kier molecular flexibility index (Phi) is 20.3. The zero-order valence-electron chi connectivity index (χ0n) is 42.0. The first-order valence-electron chi connectivity index (χ1n) is 27.2. The highest BCUT2D eigenvalue weighted by Crippen LogP contribution is 2.45. The fraction of sp³-hybridized carbons (Fsp3) is 0.500. The molecular formula is C64H78F6. The van der Waals surface area contributed by atoms with Gasteiger partial charge in [-0.25, -0.2) is 26.3 Å². The highest BCUT2D eigenvalue weighted by Gasteiger charge is 2.31. The molecule has 4 saturated carbocycles. The van der Waals surface area contributed by atoms with E-state index in [1.807, 2.05) is 24.3 Å². The quantitative estimate of drug-likeness (QED) is 0.0627. The van der Waals surface area contributed by atoms with Gasteiger partial charge in [-0.05, 0) is 225 Å². The van der Waals surface area contributed by atoms with Gasteiger partial charge in [-0.1, -0.05) is 125 Å². The lowest BCUT2D eigenvalue weighted by Crippen LogP contribution is -2.25. The Bertz CT molecular complexity index is 2340. The lowest BCUT2D eigenvalue weighted by Gasteiger charge is -2.37. The van der Waals surface area contributed by atoms with Gasteiger partial charge in [-0.2, -0.15) is 0 Å². The maximum Gasteiger partial charge on any atom is 0.159 e. The van der Waals surface area contributed by atoms with Gasteiger partial charge in [-0.15, -0.1) is 6.58 Å². The Morgan fingerprint density at radius 2 is 0.743 bits per heavy atom. The number of halogens is 6. The number of allylic oxidation sites excluding steroid dienone is 1. The van der Waals surface area contributed by atoms with Crippen molar-refractivity contribution in [1.82, 2.24) is 0 Å². The lowest BCUT2D eigenvalue weighted by atomic mass is 9.68. The van der Waals surface area contributed by atoms with Crippen molar-refractivity contribution < 1.29 is 26.3 Å². The highest BCUT2D eigenvalue weighted by atomic mass is 19.2. The second-order valence-electron chi connectivity index (χ2n) is 21.4. The third-order valence-corrected chi connectivity index (χ3v) is 16.9. The van der Waals surface area contributed by atoms with Crippen molar-refractivity contribution in [3.63, 3.8) is 0 Å². The largest absolute Gasteiger partial charge is 0.204 e. The van der Waals surface area contributed by atoms with Crippen molar-refractivity contribution >= 4 is 0 Å². The van der Waals surface area contributed by atoms with Crippen LogP contribution in [0.5, 0.6) is 0 Å². The molecule has 0 radical (unpaired) electrons. The van der Waals surface area contributed by atoms with Crippen LogP contribution < -0.4 is 0 Å². The van der Waals surface area contributed by atoms with E-state index in [2.05, 4.69) is 50.8 Å². The maximum absolute atomic E-state index is 13.4. The molecular weight excluding hydrogens is 883 g/mol. The van der Waals surface area contributed by atoms with Crippen LogP contribution in [0.1, 0.15) is 190 Å². The first kappa shape index (κ1) is 53.2. The molecule has 4 aliphatic carbocycles. The van der Waals surface area contributed by atoms with E-state index in [0.717, 1.165) is 70.2 Å². The normalized spacial score (nSPS) is 24.6. The molecule has 0 aromatic heterocycles. The zero-order valence-corrected chi connectivity index (χ0v) is 42.0. The van der Waals surface area contributed by atoms with Gasteiger partial charge >= 0.3 is 0 Å². The summed E-state index contributed by atoms with van der Waals surface area (Å²) >= 11 is 0. The van der Waals surface area contributed by atoms with Crippen LogP contribution in [-0.2, 0) is 0 Å². The molecule has 0 spiro atoms. The SMILES string of the molecule is C=CC1CCC(C2CCC(c3ccc(F)c(F)c3)CC2)CC1.CCCC1CCC(c2ccc(-c3ccc(F)c(F)c3)cc2)CC1.CCCCCC1CCC(c2ccc(-c3ccc(F)c(F)c3)cc2)CC1. The van der Waals surface area contributed by atoms with E-state index in [-0.39, 0.29) is 0 Å². The number of unbranched alkanes of at least 4 members (excludes halogenated alkanes) is 2. The van der Waals surface area contributed by atoms with Crippen LogP contribution in [0.4, 0.5) is 26.3 Å². The van der Waals surface area contributed by atoms with E-state index in [1.54, 1.807) is 18.2 Å². The molecule has 0 unspecified atom stereocenters. The van der Waals surface area contributed by atoms with Crippen LogP contribution >= 0.6 is 0 Å². The van der Waals surface area contributed by atoms with E-state index < -0.39 is 34.9 Å². The fourth-order valence-corrected chi connectivity index (χ4v) is 12.4. The Labute approximate surface area is 416 Å². The number of benzene rings is 5. The topological polar surface area (TPSA) is 0 Å². The lowest BCUT2D eigenvalue weighted by molar-refractivity contribution is 0.171. The maximum atomic E-state index is 13.4. The molecule has 0 saturated heterocycles. The van der Waals surface area contributed by atoms with Gasteiger partial charge in [0.15, 0.2) is 34.9 Å². The summed E-state index contributed by atoms with van der Waals surface area (Å²) in [6.07, 6.45) is 30.7. The molecule has 70 heavy (non-hydrogen) atoms. The average Bonchev–Trinajstić information content (AvgIpc) is 3.40. The van der Waals surface area contributed by atoms with Crippen molar-refractivity contribution in [1.29, 1.82) is 0 Å². The molecule has 0 nitrogen and oxygen atoms in total. The Morgan fingerprint density at radius 3 is 1.16 bits per heavy atom. The van der Waals surface area contributed by atoms with Crippen molar-refractivity contribution in [2.75, 3.05) is 0 Å². The van der Waals surface area contributed by atoms with Gasteiger partial charge in [0.1, 0.15) is 0 Å². The summed E-state index contributed by atoms with van der Waals surface area (Å²) in [7, 11) is 0. The fourth-order valence-electron chi connectivity index (χ4n) is 12.4. The van der Waals surface area contributed by atoms with Crippen LogP contribution in [0.25, 0.3) is 22.3 Å². The Hall–Kier alpha value is -4.58. The van der Waals surface area contributed by atoms with Crippen molar-refractivity contribution in [2.45, 2.75) is 173 Å². The molecule has 376 valence electrons. The second-order valence-corrected chi connectivity index (χ2v) is 21.4. The molecule has 4 aliphatic rings. The van der Waals surface area contributed by atoms with Gasteiger partial charge in [0, 0.05) is 0 Å². The summed E-state index contributed by atoms with van der Waals surface area (Å²) in [4.78, 5) is 0. The molecule has 6 heteroatoms. The van der Waals surface area contributed by atoms with Crippen molar-refractivity contribution in [3.05, 3.63) is 167 Å². The van der Waals surface area contributed by atoms with Crippen LogP contribution in [0, 0.1) is 64.5 Å². The average molecular weight is 961 g/mol. The predicted octanol–water partition coefficient (Wildman–Crippen LogP) is 20.4. The molecule has 5 aromatic rings. The van der Waals surface area contributed by atoms with Gasteiger partial charge in [-0.3, -0.25) is 0 Å². The van der Waals surface area contributed by atoms with Gasteiger partial charge in [0.25, 0.3) is 0 Å². The summed E-state index contributed by atoms with van der Waals surface area (Å²) < 4.78 is 79.3. The van der Waals surface area contributed by atoms with E-state index in [9.17, 15) is 26.3 Å². The molecule has 9 rings (SSSR count). The first-order chi connectivity index (χ1) is 34.0. The third kappa shape index (κ3) is 15.0. The van der Waals surface area contributed by atoms with E-state index in [1.165, 1.54) is 176 Å². The van der Waals surface area contributed by atoms with Crippen molar-refractivity contribution in [2.24, 2.45) is 29.6 Å². The molecule has 0 bridgehead atoms. The summed E-state index contributed by atoms with van der Waals surface area (Å²) in [5, 5.41) is 0. The van der Waals surface area contributed by atoms with E-state index in [0.29, 0.717) is 17.8 Å². The first-order valence-corrected chi connectivity index (χ1v) is 27.2. The van der Waals surface area contributed by atoms with Crippen LogP contribution in [0.3, 0.4) is 0 Å². The molecule has 0 atom stereocenters. The molecule has 4 fully saturated rings. The molecule has 0 aliphatic heterocycles. The Morgan fingerprint density at radius 1 is 0.371 bits per heavy atom. The third-order valence-electron chi connectivity index (χ3n) is 16.9. The summed E-state index contributed by atoms with van der Waals surface area (Å²) in [6, 6.07) is 29.4. The van der Waals surface area contributed by atoms with Crippen LogP contribution in [0.2, 0.25) is 0 Å². The predicted molar refractivity (Wildman–Crippen MR) is 279 cm³/mol. The molecule has 0 amide bonds. The summed E-state index contributed by atoms with van der Waals surface area (Å²) in [6.45, 7) is 8.45. The summed E-state index contributed by atoms with van der Waals surface area (Å²) in [5.41, 5.74) is 7.08. The van der Waals surface area contributed by atoms with E-state index in [4.69, 9.17) is 0 Å². The van der Waals surface area contributed by atoms with E-state index >= 15 is 0 Å². The summed E-state index contributed by atoms with van der Waals surface area (Å²) in [5.74, 6) is 1.39. The number of hydrogen-bond donors (Lipinski definition) is 0. The standard InChI is InChI=1S/C23H28F2.C21H24F2.C20H26F2/c1-2-3-4-5-17-6-8-18(9-7-17)19-10-12-20(13-11-19)21-14-15-22(24)23(25)16-21;1-2-3-15-4-6-16(7-5-15)17-8-10-18(11-9-17)19-12-13-20(22)21(23)14-19;1-2-14-3-5-15(6-4-14)16-7-9-17(10-8-16)18-11-12-19(21)20(22)13-18/h10-18H,2-9H2,1H3;8-16H,2-7H2,1H3;2,11-17H,1,3-10H2. The molecule has 5 aromatic carbocycles. The minimum absolute atomic E-state index is 0.413. The highest BCUT2D eigenvalue weighted by molar-refractivity contribution is 5.64. The van der Waals surface area contributed by atoms with Crippen LogP contribution in [-0.4, -0.2) is 0 Å². The number of rotatable bonds is 13. The number of hydrogen-bond acceptors (Lipinski definition) is 0. The molecule has 0 heterocycles. The van der Waals surface area contributed by atoms with Gasteiger partial charge in [0.2, 0.25) is 0 Å². The Balaban J connectivity index is 0.000000155. The monoisotopic (exact) mass is 961 g/mol.